The third kappa shape index (κ3) is 3.39. The highest BCUT2D eigenvalue weighted by molar-refractivity contribution is 5.69. The summed E-state index contributed by atoms with van der Waals surface area (Å²) < 4.78 is 0. The normalized spacial score (nSPS) is 12.0. The zero-order valence-corrected chi connectivity index (χ0v) is 13.9. The second-order valence-corrected chi connectivity index (χ2v) is 5.74. The molecule has 25 heavy (non-hydrogen) atoms. The van der Waals surface area contributed by atoms with E-state index < -0.39 is 11.0 Å². The Morgan fingerprint density at radius 3 is 2.20 bits per heavy atom. The summed E-state index contributed by atoms with van der Waals surface area (Å²) >= 11 is 0. The monoisotopic (exact) mass is 335 g/mol. The third-order valence-corrected chi connectivity index (χ3v) is 3.94. The molecule has 2 aromatic carbocycles. The van der Waals surface area contributed by atoms with Gasteiger partial charge in [-0.15, -0.1) is 0 Å². The van der Waals surface area contributed by atoms with Gasteiger partial charge in [0.2, 0.25) is 0 Å². The molecular weight excluding hydrogens is 318 g/mol. The molecule has 0 saturated heterocycles. The van der Waals surface area contributed by atoms with Gasteiger partial charge in [-0.3, -0.25) is 10.1 Å². The molecule has 1 unspecified atom stereocenters. The molecule has 0 amide bonds. The van der Waals surface area contributed by atoms with Crippen LogP contribution in [-0.4, -0.2) is 20.0 Å². The summed E-state index contributed by atoms with van der Waals surface area (Å²) in [6, 6.07) is 15.7. The minimum absolute atomic E-state index is 0.0106. The van der Waals surface area contributed by atoms with Crippen LogP contribution in [-0.2, 0) is 0 Å². The minimum Gasteiger partial charge on any atom is -0.389 e. The molecule has 6 nitrogen and oxygen atoms in total. The van der Waals surface area contributed by atoms with Gasteiger partial charge in [-0.2, -0.15) is 0 Å². The summed E-state index contributed by atoms with van der Waals surface area (Å²) in [5.41, 5.74) is 3.45. The number of benzene rings is 2. The fourth-order valence-corrected chi connectivity index (χ4v) is 2.76. The molecule has 0 aliphatic heterocycles. The number of aliphatic hydroxyl groups is 1. The average Bonchev–Trinajstić information content (AvgIpc) is 2.61. The molecular formula is C19H17N3O3. The summed E-state index contributed by atoms with van der Waals surface area (Å²) in [6.45, 7) is 3.48. The zero-order chi connectivity index (χ0) is 18.0. The minimum atomic E-state index is -0.755. The number of rotatable bonds is 4. The van der Waals surface area contributed by atoms with Crippen LogP contribution in [0.1, 0.15) is 24.3 Å². The summed E-state index contributed by atoms with van der Waals surface area (Å²) in [7, 11) is 0. The Labute approximate surface area is 145 Å². The summed E-state index contributed by atoms with van der Waals surface area (Å²) in [5.74, 6) is 0.552. The fourth-order valence-electron chi connectivity index (χ4n) is 2.76. The highest BCUT2D eigenvalue weighted by Crippen LogP contribution is 2.31. The van der Waals surface area contributed by atoms with Gasteiger partial charge in [0.05, 0.1) is 16.7 Å². The van der Waals surface area contributed by atoms with Crippen molar-refractivity contribution < 1.29 is 10.0 Å². The first-order chi connectivity index (χ1) is 12.0. The summed E-state index contributed by atoms with van der Waals surface area (Å²) in [4.78, 5) is 19.6. The number of aliphatic hydroxyl groups excluding tert-OH is 1. The van der Waals surface area contributed by atoms with E-state index in [9.17, 15) is 15.2 Å². The molecule has 0 saturated carbocycles. The summed E-state index contributed by atoms with van der Waals surface area (Å²) in [6.07, 6.45) is -0.755. The first kappa shape index (κ1) is 16.7. The van der Waals surface area contributed by atoms with Crippen molar-refractivity contribution in [1.29, 1.82) is 0 Å². The van der Waals surface area contributed by atoms with Crippen molar-refractivity contribution in [2.45, 2.75) is 20.0 Å². The number of nitrogens with zero attached hydrogens (tertiary/aromatic N) is 3. The van der Waals surface area contributed by atoms with Crippen molar-refractivity contribution in [3.05, 3.63) is 76.0 Å². The molecule has 6 heteroatoms. The smallest absolute Gasteiger partial charge is 0.269 e. The lowest BCUT2D eigenvalue weighted by Crippen LogP contribution is -2.06. The van der Waals surface area contributed by atoms with Crippen molar-refractivity contribution in [2.75, 3.05) is 0 Å². The zero-order valence-electron chi connectivity index (χ0n) is 13.9. The molecule has 0 fully saturated rings. The predicted molar refractivity (Wildman–Crippen MR) is 94.9 cm³/mol. The van der Waals surface area contributed by atoms with Gasteiger partial charge in [0.15, 0.2) is 5.82 Å². The van der Waals surface area contributed by atoms with Gasteiger partial charge in [0.25, 0.3) is 5.69 Å². The van der Waals surface area contributed by atoms with Gasteiger partial charge < -0.3 is 5.11 Å². The van der Waals surface area contributed by atoms with E-state index in [0.29, 0.717) is 28.3 Å². The SMILES string of the molecule is Cc1nc(-c2ccccc2)nc(-c2ccc([N+](=O)[O-])cc2)c1C(C)O. The van der Waals surface area contributed by atoms with E-state index in [4.69, 9.17) is 0 Å². The lowest BCUT2D eigenvalue weighted by atomic mass is 10.00. The van der Waals surface area contributed by atoms with E-state index in [-0.39, 0.29) is 5.69 Å². The number of nitro groups is 1. The molecule has 1 atom stereocenters. The molecule has 1 N–H and O–H groups in total. The van der Waals surface area contributed by atoms with Crippen molar-refractivity contribution >= 4 is 5.69 Å². The van der Waals surface area contributed by atoms with Crippen LogP contribution in [0.15, 0.2) is 54.6 Å². The van der Waals surface area contributed by atoms with E-state index in [2.05, 4.69) is 9.97 Å². The van der Waals surface area contributed by atoms with E-state index in [1.165, 1.54) is 12.1 Å². The summed E-state index contributed by atoms with van der Waals surface area (Å²) in [5, 5.41) is 21.0. The van der Waals surface area contributed by atoms with E-state index >= 15 is 0 Å². The first-order valence-corrected chi connectivity index (χ1v) is 7.84. The van der Waals surface area contributed by atoms with Gasteiger partial charge in [0.1, 0.15) is 0 Å². The van der Waals surface area contributed by atoms with Crippen molar-refractivity contribution in [1.82, 2.24) is 9.97 Å². The lowest BCUT2D eigenvalue weighted by molar-refractivity contribution is -0.384. The van der Waals surface area contributed by atoms with Gasteiger partial charge in [0, 0.05) is 34.5 Å². The second kappa shape index (κ2) is 6.78. The predicted octanol–water partition coefficient (Wildman–Crippen LogP) is 4.08. The Hall–Kier alpha value is -3.12. The first-order valence-electron chi connectivity index (χ1n) is 7.84. The van der Waals surface area contributed by atoms with Crippen LogP contribution in [0.5, 0.6) is 0 Å². The highest BCUT2D eigenvalue weighted by atomic mass is 16.6. The van der Waals surface area contributed by atoms with Crippen LogP contribution in [0.25, 0.3) is 22.6 Å². The Morgan fingerprint density at radius 2 is 1.64 bits per heavy atom. The van der Waals surface area contributed by atoms with Crippen LogP contribution in [0, 0.1) is 17.0 Å². The molecule has 126 valence electrons. The van der Waals surface area contributed by atoms with Crippen LogP contribution >= 0.6 is 0 Å². The lowest BCUT2D eigenvalue weighted by Gasteiger charge is -2.15. The molecule has 0 aliphatic carbocycles. The maximum absolute atomic E-state index is 10.9. The van der Waals surface area contributed by atoms with Crippen LogP contribution in [0.4, 0.5) is 5.69 Å². The van der Waals surface area contributed by atoms with Gasteiger partial charge in [-0.25, -0.2) is 9.97 Å². The fraction of sp³-hybridized carbons (Fsp3) is 0.158. The van der Waals surface area contributed by atoms with E-state index in [1.807, 2.05) is 37.3 Å². The molecule has 0 bridgehead atoms. The van der Waals surface area contributed by atoms with E-state index in [1.54, 1.807) is 19.1 Å². The third-order valence-electron chi connectivity index (χ3n) is 3.94. The number of hydrogen-bond donors (Lipinski definition) is 1. The molecule has 3 rings (SSSR count). The molecule has 0 aliphatic rings. The van der Waals surface area contributed by atoms with Crippen LogP contribution < -0.4 is 0 Å². The van der Waals surface area contributed by atoms with Crippen molar-refractivity contribution in [3.63, 3.8) is 0 Å². The second-order valence-electron chi connectivity index (χ2n) is 5.74. The number of nitro benzene ring substituents is 1. The van der Waals surface area contributed by atoms with Crippen molar-refractivity contribution in [2.24, 2.45) is 0 Å². The standard InChI is InChI=1S/C19H17N3O3/c1-12-17(13(2)23)18(14-8-10-16(11-9-14)22(24)25)21-19(20-12)15-6-4-3-5-7-15/h3-11,13,23H,1-2H3. The molecule has 0 spiro atoms. The Bertz CT molecular complexity index is 907. The van der Waals surface area contributed by atoms with E-state index in [0.717, 1.165) is 5.56 Å². The highest BCUT2D eigenvalue weighted by Gasteiger charge is 2.18. The molecule has 0 radical (unpaired) electrons. The van der Waals surface area contributed by atoms with Gasteiger partial charge >= 0.3 is 0 Å². The maximum Gasteiger partial charge on any atom is 0.269 e. The average molecular weight is 335 g/mol. The molecule has 1 heterocycles. The Morgan fingerprint density at radius 1 is 1.00 bits per heavy atom. The van der Waals surface area contributed by atoms with Crippen molar-refractivity contribution in [3.8, 4) is 22.6 Å². The Balaban J connectivity index is 2.19. The molecule has 3 aromatic rings. The largest absolute Gasteiger partial charge is 0.389 e. The van der Waals surface area contributed by atoms with Gasteiger partial charge in [-0.05, 0) is 26.0 Å². The maximum atomic E-state index is 10.9. The van der Waals surface area contributed by atoms with Gasteiger partial charge in [-0.1, -0.05) is 30.3 Å². The number of aromatic nitrogens is 2. The number of hydrogen-bond acceptors (Lipinski definition) is 5. The Kier molecular flexibility index (Phi) is 4.54. The van der Waals surface area contributed by atoms with Crippen LogP contribution in [0.3, 0.4) is 0 Å². The topological polar surface area (TPSA) is 89.2 Å². The van der Waals surface area contributed by atoms with Crippen LogP contribution in [0.2, 0.25) is 0 Å². The number of non-ortho nitro benzene ring substituents is 1. The number of aryl methyl sites for hydroxylation is 1. The molecule has 1 aromatic heterocycles. The quantitative estimate of drug-likeness (QED) is 0.573.